The van der Waals surface area contributed by atoms with Crippen LogP contribution in [0.25, 0.3) is 0 Å². The third kappa shape index (κ3) is 10.6. The van der Waals surface area contributed by atoms with Gasteiger partial charge in [0, 0.05) is 6.20 Å². The van der Waals surface area contributed by atoms with Gasteiger partial charge < -0.3 is 18.9 Å². The van der Waals surface area contributed by atoms with Crippen LogP contribution in [-0.4, -0.2) is 49.9 Å². The fourth-order valence-corrected chi connectivity index (χ4v) is 7.87. The topological polar surface area (TPSA) is 93.2 Å². The number of nitrogens with zero attached hydrogens (tertiary/aromatic N) is 1. The molecule has 0 amide bonds. The Bertz CT molecular complexity index is 1780. The van der Waals surface area contributed by atoms with Crippen LogP contribution in [-0.2, 0) is 58.8 Å². The first-order valence-corrected chi connectivity index (χ1v) is 18.6. The number of hydrogen-bond acceptors (Lipinski definition) is 9. The van der Waals surface area contributed by atoms with Crippen LogP contribution >= 0.6 is 11.8 Å². The lowest BCUT2D eigenvalue weighted by Gasteiger charge is -2.45. The second kappa shape index (κ2) is 17.7. The van der Waals surface area contributed by atoms with Gasteiger partial charge in [-0.15, -0.1) is 0 Å². The minimum atomic E-state index is -4.12. The molecule has 0 radical (unpaired) electrons. The van der Waals surface area contributed by atoms with E-state index in [0.29, 0.717) is 17.2 Å². The highest BCUT2D eigenvalue weighted by Gasteiger charge is 2.50. The van der Waals surface area contributed by atoms with Crippen molar-refractivity contribution in [1.82, 2.24) is 4.98 Å². The zero-order valence-corrected chi connectivity index (χ0v) is 28.5. The molecule has 5 atom stereocenters. The van der Waals surface area contributed by atoms with E-state index in [4.69, 9.17) is 23.1 Å². The zero-order chi connectivity index (χ0) is 33.7. The molecular weight excluding hydrogens is 659 g/mol. The minimum absolute atomic E-state index is 0.169. The summed E-state index contributed by atoms with van der Waals surface area (Å²) in [6.07, 6.45) is -1.66. The molecule has 2 heterocycles. The van der Waals surface area contributed by atoms with Crippen LogP contribution in [0.3, 0.4) is 0 Å². The molecule has 0 saturated carbocycles. The summed E-state index contributed by atoms with van der Waals surface area (Å²) in [6.45, 7) is 0.984. The molecule has 0 spiro atoms. The van der Waals surface area contributed by atoms with E-state index in [9.17, 15) is 8.42 Å². The van der Waals surface area contributed by atoms with E-state index in [1.54, 1.807) is 30.5 Å². The maximum Gasteiger partial charge on any atom is 0.272 e. The molecule has 1 saturated heterocycles. The highest BCUT2D eigenvalue weighted by molar-refractivity contribution is 7.99. The predicted octanol–water partition coefficient (Wildman–Crippen LogP) is 7.20. The molecule has 0 unspecified atom stereocenters. The summed E-state index contributed by atoms with van der Waals surface area (Å²) in [5.74, 6) is -0.310. The molecule has 1 aliphatic rings. The van der Waals surface area contributed by atoms with Crippen molar-refractivity contribution in [2.45, 2.75) is 60.5 Å². The maximum atomic E-state index is 13.8. The minimum Gasteiger partial charge on any atom is -0.374 e. The molecule has 1 fully saturated rings. The Morgan fingerprint density at radius 2 is 1.10 bits per heavy atom. The van der Waals surface area contributed by atoms with E-state index >= 15 is 0 Å². The molecule has 4 aromatic carbocycles. The Labute approximate surface area is 292 Å². The number of hydrogen-bond donors (Lipinski definition) is 0. The Morgan fingerprint density at radius 3 is 1.65 bits per heavy atom. The molecule has 1 aromatic heterocycles. The van der Waals surface area contributed by atoms with Gasteiger partial charge in [-0.25, -0.2) is 4.98 Å². The Hall–Kier alpha value is -3.87. The normalized spacial score (nSPS) is 20.9. The Kier molecular flexibility index (Phi) is 12.6. The third-order valence-electron chi connectivity index (χ3n) is 7.87. The summed E-state index contributed by atoms with van der Waals surface area (Å²) >= 11 is 1.28. The van der Waals surface area contributed by atoms with Crippen molar-refractivity contribution in [2.75, 3.05) is 6.61 Å². The van der Waals surface area contributed by atoms with Crippen LogP contribution in [0.15, 0.2) is 151 Å². The van der Waals surface area contributed by atoms with Gasteiger partial charge in [0.15, 0.2) is 0 Å². The van der Waals surface area contributed by atoms with Crippen molar-refractivity contribution in [2.24, 2.45) is 0 Å². The maximum absolute atomic E-state index is 13.8. The second-order valence-corrected chi connectivity index (χ2v) is 14.3. The van der Waals surface area contributed by atoms with Crippen LogP contribution in [0.4, 0.5) is 0 Å². The van der Waals surface area contributed by atoms with Crippen LogP contribution in [0.1, 0.15) is 22.3 Å². The van der Waals surface area contributed by atoms with Gasteiger partial charge in [-0.3, -0.25) is 4.18 Å². The van der Waals surface area contributed by atoms with E-state index in [1.807, 2.05) is 115 Å². The van der Waals surface area contributed by atoms with E-state index in [0.717, 1.165) is 16.7 Å². The van der Waals surface area contributed by atoms with Gasteiger partial charge in [-0.1, -0.05) is 139 Å². The molecule has 49 heavy (non-hydrogen) atoms. The number of rotatable bonds is 16. The van der Waals surface area contributed by atoms with Gasteiger partial charge in [0.05, 0.1) is 31.5 Å². The number of thioether (sulfide) groups is 1. The number of aromatic nitrogens is 1. The smallest absolute Gasteiger partial charge is 0.272 e. The summed E-state index contributed by atoms with van der Waals surface area (Å²) in [5.41, 5.74) is 2.67. The lowest BCUT2D eigenvalue weighted by atomic mass is 9.99. The van der Waals surface area contributed by atoms with Gasteiger partial charge in [0.1, 0.15) is 35.6 Å². The van der Waals surface area contributed by atoms with Crippen LogP contribution in [0.5, 0.6) is 0 Å². The number of pyridine rings is 1. The lowest BCUT2D eigenvalue weighted by Crippen LogP contribution is -2.60. The van der Waals surface area contributed by atoms with Crippen molar-refractivity contribution < 1.29 is 31.5 Å². The van der Waals surface area contributed by atoms with Crippen molar-refractivity contribution in [3.8, 4) is 0 Å². The highest BCUT2D eigenvalue weighted by atomic mass is 32.2. The van der Waals surface area contributed by atoms with Crippen molar-refractivity contribution >= 4 is 21.9 Å². The fourth-order valence-electron chi connectivity index (χ4n) is 5.52. The van der Waals surface area contributed by atoms with E-state index in [1.165, 1.54) is 11.8 Å². The summed E-state index contributed by atoms with van der Waals surface area (Å²) in [6, 6.07) is 43.9. The summed E-state index contributed by atoms with van der Waals surface area (Å²) in [7, 11) is -4.12. The predicted molar refractivity (Wildman–Crippen MR) is 189 cm³/mol. The molecule has 0 N–H and O–H groups in total. The quantitative estimate of drug-likeness (QED) is 0.0993. The van der Waals surface area contributed by atoms with Crippen molar-refractivity contribution in [3.63, 3.8) is 0 Å². The fraction of sp³-hybridized carbons (Fsp3) is 0.256. The average molecular weight is 698 g/mol. The average Bonchev–Trinajstić information content (AvgIpc) is 3.13. The van der Waals surface area contributed by atoms with Gasteiger partial charge in [-0.2, -0.15) is 8.42 Å². The summed E-state index contributed by atoms with van der Waals surface area (Å²) in [5, 5.41) is 0.649. The first kappa shape index (κ1) is 35.0. The van der Waals surface area contributed by atoms with E-state index < -0.39 is 40.0 Å². The summed E-state index contributed by atoms with van der Waals surface area (Å²) < 4.78 is 59.9. The van der Waals surface area contributed by atoms with E-state index in [-0.39, 0.29) is 25.6 Å². The molecular formula is C39H39NO7S2. The Balaban J connectivity index is 1.34. The lowest BCUT2D eigenvalue weighted by molar-refractivity contribution is -0.237. The number of ether oxygens (including phenoxy) is 4. The van der Waals surface area contributed by atoms with Crippen LogP contribution < -0.4 is 0 Å². The third-order valence-corrected chi connectivity index (χ3v) is 10.2. The standard InChI is InChI=1S/C39H39NO7S2/c41-49(42,29-33-21-11-4-12-22-33)47-38-37(45-27-32-19-9-3-10-20-32)36(44-26-31-17-7-2-8-18-31)34(28-43-25-30-15-5-1-6-16-30)46-39(38)48-35-23-13-14-24-40-35/h1-24,34,36-39H,25-29H2/t34-,36-,37+,38+,39-/m1/s1. The molecule has 10 heteroatoms. The van der Waals surface area contributed by atoms with Gasteiger partial charge in [-0.05, 0) is 34.4 Å². The first-order valence-electron chi connectivity index (χ1n) is 16.1. The van der Waals surface area contributed by atoms with Crippen molar-refractivity contribution in [3.05, 3.63) is 168 Å². The molecule has 5 aromatic rings. The van der Waals surface area contributed by atoms with Gasteiger partial charge >= 0.3 is 0 Å². The van der Waals surface area contributed by atoms with Crippen molar-refractivity contribution in [1.29, 1.82) is 0 Å². The number of benzene rings is 4. The monoisotopic (exact) mass is 697 g/mol. The highest BCUT2D eigenvalue weighted by Crippen LogP contribution is 2.38. The van der Waals surface area contributed by atoms with E-state index in [2.05, 4.69) is 4.98 Å². The molecule has 0 aliphatic carbocycles. The zero-order valence-electron chi connectivity index (χ0n) is 26.9. The van der Waals surface area contributed by atoms with Gasteiger partial charge in [0.2, 0.25) is 0 Å². The van der Waals surface area contributed by atoms with Crippen LogP contribution in [0.2, 0.25) is 0 Å². The first-order chi connectivity index (χ1) is 24.0. The Morgan fingerprint density at radius 1 is 0.592 bits per heavy atom. The molecule has 1 aliphatic heterocycles. The molecule has 254 valence electrons. The molecule has 0 bridgehead atoms. The van der Waals surface area contributed by atoms with Crippen LogP contribution in [0, 0.1) is 0 Å². The summed E-state index contributed by atoms with van der Waals surface area (Å²) in [4.78, 5) is 4.49. The molecule has 6 rings (SSSR count). The second-order valence-electron chi connectivity index (χ2n) is 11.6. The van der Waals surface area contributed by atoms with Gasteiger partial charge in [0.25, 0.3) is 10.1 Å². The largest absolute Gasteiger partial charge is 0.374 e. The SMILES string of the molecule is O=S(=O)(Cc1ccccc1)O[C@H]1[C@@H](OCc2ccccc2)[C@H](OCc2ccccc2)[C@@H](COCc2ccccc2)O[C@@H]1Sc1ccccn1. The molecule has 8 nitrogen and oxygen atoms in total.